The highest BCUT2D eigenvalue weighted by Crippen LogP contribution is 2.29. The molecule has 90 valence electrons. The second kappa shape index (κ2) is 5.39. The Morgan fingerprint density at radius 1 is 1.47 bits per heavy atom. The van der Waals surface area contributed by atoms with Crippen molar-refractivity contribution in [1.82, 2.24) is 0 Å². The van der Waals surface area contributed by atoms with Gasteiger partial charge in [0.05, 0.1) is 34.5 Å². The summed E-state index contributed by atoms with van der Waals surface area (Å²) in [5, 5.41) is 12.8. The van der Waals surface area contributed by atoms with E-state index in [1.54, 1.807) is 19.2 Å². The quantitative estimate of drug-likeness (QED) is 0.896. The van der Waals surface area contributed by atoms with E-state index < -0.39 is 0 Å². The molecule has 2 rings (SSSR count). The van der Waals surface area contributed by atoms with Gasteiger partial charge in [0.15, 0.2) is 0 Å². The summed E-state index contributed by atoms with van der Waals surface area (Å²) >= 11 is 6.12. The van der Waals surface area contributed by atoms with Crippen molar-refractivity contribution in [2.24, 2.45) is 0 Å². The molecule has 1 N–H and O–H groups in total. The lowest BCUT2D eigenvalue weighted by Crippen LogP contribution is -2.29. The van der Waals surface area contributed by atoms with Gasteiger partial charge in [-0.25, -0.2) is 0 Å². The Morgan fingerprint density at radius 3 is 2.94 bits per heavy atom. The topological polar surface area (TPSA) is 45.0 Å². The normalized spacial score (nSPS) is 23.4. The van der Waals surface area contributed by atoms with Gasteiger partial charge >= 0.3 is 0 Å². The summed E-state index contributed by atoms with van der Waals surface area (Å²) in [4.78, 5) is 0. The molecule has 2 unspecified atom stereocenters. The minimum Gasteiger partial charge on any atom is -0.379 e. The molecule has 0 saturated heterocycles. The molecule has 1 aromatic carbocycles. The number of anilines is 1. The van der Waals surface area contributed by atoms with Crippen molar-refractivity contribution in [2.45, 2.75) is 31.4 Å². The van der Waals surface area contributed by atoms with Crippen LogP contribution >= 0.6 is 11.6 Å². The number of ether oxygens (including phenoxy) is 1. The minimum absolute atomic E-state index is 0.252. The summed E-state index contributed by atoms with van der Waals surface area (Å²) in [5.74, 6) is 0. The van der Waals surface area contributed by atoms with E-state index in [1.807, 2.05) is 6.07 Å². The van der Waals surface area contributed by atoms with Gasteiger partial charge in [0, 0.05) is 7.11 Å². The van der Waals surface area contributed by atoms with Gasteiger partial charge in [-0.2, -0.15) is 5.26 Å². The van der Waals surface area contributed by atoms with E-state index in [4.69, 9.17) is 21.6 Å². The Labute approximate surface area is 106 Å². The Balaban J connectivity index is 2.11. The summed E-state index contributed by atoms with van der Waals surface area (Å²) in [7, 11) is 1.74. The average molecular weight is 251 g/mol. The van der Waals surface area contributed by atoms with Crippen molar-refractivity contribution in [3.8, 4) is 6.07 Å². The van der Waals surface area contributed by atoms with Crippen LogP contribution in [0.25, 0.3) is 0 Å². The molecule has 0 aliphatic heterocycles. The van der Waals surface area contributed by atoms with Gasteiger partial charge in [-0.3, -0.25) is 0 Å². The summed E-state index contributed by atoms with van der Waals surface area (Å²) in [6.45, 7) is 0. The van der Waals surface area contributed by atoms with Crippen LogP contribution in [0.1, 0.15) is 24.8 Å². The largest absolute Gasteiger partial charge is 0.379 e. The number of hydrogen-bond donors (Lipinski definition) is 1. The maximum Gasteiger partial charge on any atom is 0.0992 e. The molecule has 0 spiro atoms. The number of nitriles is 1. The number of rotatable bonds is 3. The standard InChI is InChI=1S/C13H15ClN2O/c1-17-13-4-2-3-12(13)16-11-6-5-9(8-15)7-10(11)14/h5-7,12-13,16H,2-4H2,1H3. The maximum absolute atomic E-state index is 8.77. The molecule has 17 heavy (non-hydrogen) atoms. The molecular weight excluding hydrogens is 236 g/mol. The first-order valence-electron chi connectivity index (χ1n) is 5.73. The van der Waals surface area contributed by atoms with Crippen LogP contribution in [0.15, 0.2) is 18.2 Å². The fourth-order valence-electron chi connectivity index (χ4n) is 2.27. The first-order valence-corrected chi connectivity index (χ1v) is 6.11. The second-order valence-corrected chi connectivity index (χ2v) is 4.67. The zero-order valence-electron chi connectivity index (χ0n) is 9.74. The van der Waals surface area contributed by atoms with Crippen molar-refractivity contribution in [3.05, 3.63) is 28.8 Å². The molecule has 2 atom stereocenters. The third-order valence-corrected chi connectivity index (χ3v) is 3.51. The fraction of sp³-hybridized carbons (Fsp3) is 0.462. The highest BCUT2D eigenvalue weighted by atomic mass is 35.5. The van der Waals surface area contributed by atoms with E-state index in [1.165, 1.54) is 6.42 Å². The molecule has 4 heteroatoms. The SMILES string of the molecule is COC1CCCC1Nc1ccc(C#N)cc1Cl. The second-order valence-electron chi connectivity index (χ2n) is 4.26. The first-order chi connectivity index (χ1) is 8.24. The van der Waals surface area contributed by atoms with Crippen LogP contribution in [0.3, 0.4) is 0 Å². The smallest absolute Gasteiger partial charge is 0.0992 e. The van der Waals surface area contributed by atoms with Crippen molar-refractivity contribution in [2.75, 3.05) is 12.4 Å². The molecule has 1 aromatic rings. The van der Waals surface area contributed by atoms with Crippen molar-refractivity contribution < 1.29 is 4.74 Å². The number of nitrogens with zero attached hydrogens (tertiary/aromatic N) is 1. The van der Waals surface area contributed by atoms with E-state index in [-0.39, 0.29) is 6.10 Å². The summed E-state index contributed by atoms with van der Waals surface area (Å²) in [6, 6.07) is 7.69. The Bertz CT molecular complexity index is 442. The first kappa shape index (κ1) is 12.2. The van der Waals surface area contributed by atoms with Gasteiger partial charge in [0.2, 0.25) is 0 Å². The Hall–Kier alpha value is -1.24. The molecule has 0 radical (unpaired) electrons. The van der Waals surface area contributed by atoms with Crippen LogP contribution in [0.2, 0.25) is 5.02 Å². The zero-order chi connectivity index (χ0) is 12.3. The summed E-state index contributed by atoms with van der Waals surface area (Å²) in [6.07, 6.45) is 3.60. The third-order valence-electron chi connectivity index (χ3n) is 3.19. The lowest BCUT2D eigenvalue weighted by molar-refractivity contribution is 0.101. The number of nitrogens with one attached hydrogen (secondary N) is 1. The predicted molar refractivity (Wildman–Crippen MR) is 68.2 cm³/mol. The molecule has 1 fully saturated rings. The van der Waals surface area contributed by atoms with E-state index in [0.29, 0.717) is 16.6 Å². The molecule has 3 nitrogen and oxygen atoms in total. The Kier molecular flexibility index (Phi) is 3.88. The monoisotopic (exact) mass is 250 g/mol. The van der Waals surface area contributed by atoms with Gasteiger partial charge in [-0.15, -0.1) is 0 Å². The molecule has 1 aliphatic carbocycles. The fourth-order valence-corrected chi connectivity index (χ4v) is 2.51. The molecule has 0 amide bonds. The number of halogens is 1. The van der Waals surface area contributed by atoms with E-state index in [9.17, 15) is 0 Å². The lowest BCUT2D eigenvalue weighted by atomic mass is 10.1. The van der Waals surface area contributed by atoms with Gasteiger partial charge < -0.3 is 10.1 Å². The average Bonchev–Trinajstić information content (AvgIpc) is 2.79. The van der Waals surface area contributed by atoms with Crippen molar-refractivity contribution >= 4 is 17.3 Å². The van der Waals surface area contributed by atoms with Crippen molar-refractivity contribution in [1.29, 1.82) is 5.26 Å². The highest BCUT2D eigenvalue weighted by Gasteiger charge is 2.27. The molecular formula is C13H15ClN2O. The predicted octanol–water partition coefficient (Wildman–Crippen LogP) is 3.19. The van der Waals surface area contributed by atoms with Crippen LogP contribution in [-0.4, -0.2) is 19.3 Å². The lowest BCUT2D eigenvalue weighted by Gasteiger charge is -2.21. The minimum atomic E-state index is 0.252. The molecule has 0 bridgehead atoms. The van der Waals surface area contributed by atoms with Crippen LogP contribution in [0.4, 0.5) is 5.69 Å². The molecule has 0 aromatic heterocycles. The van der Waals surface area contributed by atoms with Crippen LogP contribution in [0, 0.1) is 11.3 Å². The molecule has 1 saturated carbocycles. The van der Waals surface area contributed by atoms with Crippen LogP contribution < -0.4 is 5.32 Å². The molecule has 0 heterocycles. The van der Waals surface area contributed by atoms with E-state index >= 15 is 0 Å². The summed E-state index contributed by atoms with van der Waals surface area (Å²) < 4.78 is 5.42. The van der Waals surface area contributed by atoms with E-state index in [0.717, 1.165) is 18.5 Å². The summed E-state index contributed by atoms with van der Waals surface area (Å²) in [5.41, 5.74) is 1.45. The van der Waals surface area contributed by atoms with Crippen molar-refractivity contribution in [3.63, 3.8) is 0 Å². The number of hydrogen-bond acceptors (Lipinski definition) is 3. The van der Waals surface area contributed by atoms with Gasteiger partial charge in [0.1, 0.15) is 0 Å². The highest BCUT2D eigenvalue weighted by molar-refractivity contribution is 6.33. The van der Waals surface area contributed by atoms with E-state index in [2.05, 4.69) is 11.4 Å². The third kappa shape index (κ3) is 2.71. The number of methoxy groups -OCH3 is 1. The van der Waals surface area contributed by atoms with Gasteiger partial charge in [0.25, 0.3) is 0 Å². The Morgan fingerprint density at radius 2 is 2.29 bits per heavy atom. The van der Waals surface area contributed by atoms with Crippen LogP contribution in [0.5, 0.6) is 0 Å². The molecule has 1 aliphatic rings. The van der Waals surface area contributed by atoms with Crippen LogP contribution in [-0.2, 0) is 4.74 Å². The zero-order valence-corrected chi connectivity index (χ0v) is 10.5. The van der Waals surface area contributed by atoms with Gasteiger partial charge in [-0.05, 0) is 37.5 Å². The number of benzene rings is 1. The maximum atomic E-state index is 8.77. The van der Waals surface area contributed by atoms with Gasteiger partial charge in [-0.1, -0.05) is 11.6 Å².